The van der Waals surface area contributed by atoms with Gasteiger partial charge in [0.1, 0.15) is 0 Å². The minimum absolute atomic E-state index is 0.158. The van der Waals surface area contributed by atoms with Crippen molar-refractivity contribution in [3.8, 4) is 0 Å². The van der Waals surface area contributed by atoms with Gasteiger partial charge in [0.05, 0.1) is 12.0 Å². The van der Waals surface area contributed by atoms with Crippen molar-refractivity contribution < 1.29 is 9.53 Å². The number of fused-ring (bicyclic) bond motifs is 2. The number of benzene rings is 1. The summed E-state index contributed by atoms with van der Waals surface area (Å²) in [5.74, 6) is 0.158. The molecule has 1 fully saturated rings. The van der Waals surface area contributed by atoms with Crippen molar-refractivity contribution in [2.24, 2.45) is 0 Å². The summed E-state index contributed by atoms with van der Waals surface area (Å²) < 4.78 is 5.49. The predicted octanol–water partition coefficient (Wildman–Crippen LogP) is 2.26. The van der Waals surface area contributed by atoms with Gasteiger partial charge in [-0.05, 0) is 48.2 Å². The van der Waals surface area contributed by atoms with Crippen LogP contribution in [0.4, 0.5) is 11.4 Å². The minimum atomic E-state index is -0.481. The number of nitrogens with two attached hydrogens (primary N) is 1. The van der Waals surface area contributed by atoms with Crippen molar-refractivity contribution in [3.05, 3.63) is 53.9 Å². The summed E-state index contributed by atoms with van der Waals surface area (Å²) in [6.07, 6.45) is 4.97. The summed E-state index contributed by atoms with van der Waals surface area (Å²) in [4.78, 5) is 19.3. The van der Waals surface area contributed by atoms with Crippen LogP contribution in [0, 0.1) is 0 Å². The van der Waals surface area contributed by atoms with E-state index in [1.807, 2.05) is 35.2 Å². The molecule has 0 radical (unpaired) electrons. The Hall–Kier alpha value is -2.40. The number of nitrogens with zero attached hydrogens (tertiary/aromatic N) is 2. The lowest BCUT2D eigenvalue weighted by Gasteiger charge is -2.32. The molecule has 4 rings (SSSR count). The lowest BCUT2D eigenvalue weighted by Crippen LogP contribution is -2.43. The first kappa shape index (κ1) is 14.2. The van der Waals surface area contributed by atoms with Crippen LogP contribution < -0.4 is 10.6 Å². The maximum Gasteiger partial charge on any atom is 0.238 e. The fraction of sp³-hybridized carbons (Fsp3) is 0.333. The molecule has 1 spiro atoms. The Kier molecular flexibility index (Phi) is 3.31. The maximum atomic E-state index is 13.3. The molecule has 5 nitrogen and oxygen atoms in total. The number of hydrogen-bond acceptors (Lipinski definition) is 4. The second-order valence-electron chi connectivity index (χ2n) is 6.22. The number of carbonyl (C=O) groups is 1. The lowest BCUT2D eigenvalue weighted by atomic mass is 9.75. The van der Waals surface area contributed by atoms with Gasteiger partial charge < -0.3 is 15.4 Å². The number of hydrogen-bond donors (Lipinski definition) is 1. The number of rotatable bonds is 2. The van der Waals surface area contributed by atoms with E-state index in [4.69, 9.17) is 10.5 Å². The maximum absolute atomic E-state index is 13.3. The standard InChI is InChI=1S/C18H19N3O2/c19-14-3-4-16-15(10-14)18(5-8-23-9-6-18)17(22)21(16)12-13-2-1-7-20-11-13/h1-4,7,10-11H,5-6,8-9,12,19H2. The lowest BCUT2D eigenvalue weighted by molar-refractivity contribution is -0.126. The molecule has 0 aliphatic carbocycles. The topological polar surface area (TPSA) is 68.5 Å². The predicted molar refractivity (Wildman–Crippen MR) is 88.0 cm³/mol. The number of carbonyl (C=O) groups excluding carboxylic acids is 1. The fourth-order valence-electron chi connectivity index (χ4n) is 3.69. The number of pyridine rings is 1. The van der Waals surface area contributed by atoms with Crippen molar-refractivity contribution in [3.63, 3.8) is 0 Å². The van der Waals surface area contributed by atoms with Gasteiger partial charge in [0.25, 0.3) is 0 Å². The molecule has 0 bridgehead atoms. The van der Waals surface area contributed by atoms with Gasteiger partial charge >= 0.3 is 0 Å². The van der Waals surface area contributed by atoms with Gasteiger partial charge in [-0.25, -0.2) is 0 Å². The number of aromatic nitrogens is 1. The van der Waals surface area contributed by atoms with Gasteiger partial charge in [-0.2, -0.15) is 0 Å². The van der Waals surface area contributed by atoms with E-state index in [1.54, 1.807) is 12.4 Å². The molecule has 3 heterocycles. The average molecular weight is 309 g/mol. The summed E-state index contributed by atoms with van der Waals surface area (Å²) in [5.41, 5.74) is 9.25. The molecular weight excluding hydrogens is 290 g/mol. The van der Waals surface area contributed by atoms with Gasteiger partial charge in [0.2, 0.25) is 5.91 Å². The molecule has 0 unspecified atom stereocenters. The highest BCUT2D eigenvalue weighted by atomic mass is 16.5. The average Bonchev–Trinajstić information content (AvgIpc) is 2.79. The van der Waals surface area contributed by atoms with Crippen LogP contribution >= 0.6 is 0 Å². The molecule has 5 heteroatoms. The number of amides is 1. The largest absolute Gasteiger partial charge is 0.399 e. The summed E-state index contributed by atoms with van der Waals surface area (Å²) in [6.45, 7) is 1.76. The van der Waals surface area contributed by atoms with Crippen molar-refractivity contribution in [1.82, 2.24) is 4.98 Å². The van der Waals surface area contributed by atoms with E-state index in [0.29, 0.717) is 38.3 Å². The molecule has 2 aliphatic rings. The highest BCUT2D eigenvalue weighted by Crippen LogP contribution is 2.48. The first-order valence-corrected chi connectivity index (χ1v) is 7.89. The fourth-order valence-corrected chi connectivity index (χ4v) is 3.69. The smallest absolute Gasteiger partial charge is 0.238 e. The first-order valence-electron chi connectivity index (χ1n) is 7.89. The van der Waals surface area contributed by atoms with Gasteiger partial charge in [-0.3, -0.25) is 9.78 Å². The highest BCUT2D eigenvalue weighted by molar-refractivity contribution is 6.08. The molecule has 0 saturated carbocycles. The van der Waals surface area contributed by atoms with E-state index in [-0.39, 0.29) is 5.91 Å². The molecule has 2 aromatic rings. The van der Waals surface area contributed by atoms with E-state index in [1.165, 1.54) is 0 Å². The van der Waals surface area contributed by atoms with Crippen LogP contribution in [0.1, 0.15) is 24.0 Å². The Bertz CT molecular complexity index is 739. The Morgan fingerprint density at radius 3 is 2.83 bits per heavy atom. The molecule has 1 amide bonds. The van der Waals surface area contributed by atoms with Crippen LogP contribution in [0.5, 0.6) is 0 Å². The number of anilines is 2. The number of nitrogen functional groups attached to an aromatic ring is 1. The summed E-state index contributed by atoms with van der Waals surface area (Å²) >= 11 is 0. The molecule has 2 aliphatic heterocycles. The van der Waals surface area contributed by atoms with Gasteiger partial charge in [-0.15, -0.1) is 0 Å². The van der Waals surface area contributed by atoms with Crippen LogP contribution in [-0.2, 0) is 21.5 Å². The SMILES string of the molecule is Nc1ccc2c(c1)C1(CCOCC1)C(=O)N2Cc1cccnc1. The van der Waals surface area contributed by atoms with Gasteiger partial charge in [0.15, 0.2) is 0 Å². The van der Waals surface area contributed by atoms with E-state index in [9.17, 15) is 4.79 Å². The molecule has 0 atom stereocenters. The molecular formula is C18H19N3O2. The number of ether oxygens (including phenoxy) is 1. The van der Waals surface area contributed by atoms with E-state index >= 15 is 0 Å². The monoisotopic (exact) mass is 309 g/mol. The molecule has 2 N–H and O–H groups in total. The van der Waals surface area contributed by atoms with Crippen molar-refractivity contribution in [2.45, 2.75) is 24.8 Å². The molecule has 118 valence electrons. The molecule has 1 aromatic heterocycles. The molecule has 23 heavy (non-hydrogen) atoms. The normalized spacial score (nSPS) is 19.1. The van der Waals surface area contributed by atoms with Gasteiger partial charge in [0, 0.05) is 37.0 Å². The minimum Gasteiger partial charge on any atom is -0.399 e. The van der Waals surface area contributed by atoms with Crippen LogP contribution in [-0.4, -0.2) is 24.1 Å². The van der Waals surface area contributed by atoms with E-state index in [0.717, 1.165) is 16.8 Å². The van der Waals surface area contributed by atoms with E-state index < -0.39 is 5.41 Å². The summed E-state index contributed by atoms with van der Waals surface area (Å²) in [5, 5.41) is 0. The highest BCUT2D eigenvalue weighted by Gasteiger charge is 2.51. The Morgan fingerprint density at radius 2 is 2.09 bits per heavy atom. The quantitative estimate of drug-likeness (QED) is 0.864. The second-order valence-corrected chi connectivity index (χ2v) is 6.22. The molecule has 1 saturated heterocycles. The molecule has 1 aromatic carbocycles. The summed E-state index contributed by atoms with van der Waals surface area (Å²) in [7, 11) is 0. The third-order valence-corrected chi connectivity index (χ3v) is 4.89. The van der Waals surface area contributed by atoms with Crippen LogP contribution in [0.3, 0.4) is 0 Å². The Morgan fingerprint density at radius 1 is 1.26 bits per heavy atom. The first-order chi connectivity index (χ1) is 11.2. The van der Waals surface area contributed by atoms with Crippen LogP contribution in [0.15, 0.2) is 42.7 Å². The van der Waals surface area contributed by atoms with Crippen molar-refractivity contribution in [2.75, 3.05) is 23.8 Å². The third-order valence-electron chi connectivity index (χ3n) is 4.89. The zero-order valence-electron chi connectivity index (χ0n) is 12.9. The van der Waals surface area contributed by atoms with Gasteiger partial charge in [-0.1, -0.05) is 6.07 Å². The van der Waals surface area contributed by atoms with Crippen LogP contribution in [0.2, 0.25) is 0 Å². The second kappa shape index (κ2) is 5.35. The summed E-state index contributed by atoms with van der Waals surface area (Å²) in [6, 6.07) is 9.67. The zero-order chi connectivity index (χ0) is 15.9. The van der Waals surface area contributed by atoms with E-state index in [2.05, 4.69) is 4.98 Å². The van der Waals surface area contributed by atoms with Crippen LogP contribution in [0.25, 0.3) is 0 Å². The third kappa shape index (κ3) is 2.19. The Labute approximate surface area is 135 Å². The van der Waals surface area contributed by atoms with Crippen molar-refractivity contribution >= 4 is 17.3 Å². The Balaban J connectivity index is 1.78. The zero-order valence-corrected chi connectivity index (χ0v) is 12.9. The van der Waals surface area contributed by atoms with Crippen molar-refractivity contribution in [1.29, 1.82) is 0 Å².